The summed E-state index contributed by atoms with van der Waals surface area (Å²) in [6.45, 7) is 3.81. The highest BCUT2D eigenvalue weighted by molar-refractivity contribution is 7.99. The van der Waals surface area contributed by atoms with Crippen molar-refractivity contribution >= 4 is 11.8 Å². The van der Waals surface area contributed by atoms with Crippen LogP contribution >= 0.6 is 11.8 Å². The second-order valence-corrected chi connectivity index (χ2v) is 4.34. The van der Waals surface area contributed by atoms with Crippen LogP contribution in [0.5, 0.6) is 0 Å². The second-order valence-electron chi connectivity index (χ2n) is 3.32. The molecule has 0 spiro atoms. The third kappa shape index (κ3) is 2.53. The van der Waals surface area contributed by atoms with E-state index in [1.54, 1.807) is 25.1 Å². The maximum Gasteiger partial charge on any atom is 0.114 e. The van der Waals surface area contributed by atoms with Crippen molar-refractivity contribution in [2.75, 3.05) is 12.8 Å². The van der Waals surface area contributed by atoms with E-state index in [1.165, 1.54) is 0 Å². The topological polar surface area (TPSA) is 49.0 Å². The smallest absolute Gasteiger partial charge is 0.114 e. The summed E-state index contributed by atoms with van der Waals surface area (Å²) in [7, 11) is 1.80. The van der Waals surface area contributed by atoms with Crippen molar-refractivity contribution in [3.63, 3.8) is 0 Å². The number of nitriles is 1. The first-order valence-electron chi connectivity index (χ1n) is 4.38. The summed E-state index contributed by atoms with van der Waals surface area (Å²) in [4.78, 5) is 1.10. The van der Waals surface area contributed by atoms with Crippen LogP contribution < -0.4 is 5.32 Å². The van der Waals surface area contributed by atoms with Gasteiger partial charge in [0.2, 0.25) is 0 Å². The lowest BCUT2D eigenvalue weighted by atomic mass is 10.1. The van der Waals surface area contributed by atoms with Gasteiger partial charge in [-0.25, -0.2) is 0 Å². The van der Waals surface area contributed by atoms with E-state index >= 15 is 0 Å². The van der Waals surface area contributed by atoms with Crippen molar-refractivity contribution in [1.82, 2.24) is 5.32 Å². The molecule has 1 aromatic heterocycles. The summed E-state index contributed by atoms with van der Waals surface area (Å²) in [5.74, 6) is 1.62. The lowest BCUT2D eigenvalue weighted by Gasteiger charge is -2.19. The fourth-order valence-corrected chi connectivity index (χ4v) is 1.96. The first-order chi connectivity index (χ1) is 6.61. The molecule has 1 heterocycles. The van der Waals surface area contributed by atoms with Gasteiger partial charge in [-0.3, -0.25) is 0 Å². The molecule has 14 heavy (non-hydrogen) atoms. The summed E-state index contributed by atoms with van der Waals surface area (Å²) in [6.07, 6.45) is 1.67. The molecule has 0 aliphatic heterocycles. The number of aryl methyl sites for hydroxylation is 1. The van der Waals surface area contributed by atoms with E-state index in [0.29, 0.717) is 5.75 Å². The molecule has 3 nitrogen and oxygen atoms in total. The minimum Gasteiger partial charge on any atom is -0.468 e. The first kappa shape index (κ1) is 11.2. The summed E-state index contributed by atoms with van der Waals surface area (Å²) in [5.41, 5.74) is -0.478. The summed E-state index contributed by atoms with van der Waals surface area (Å²) in [6, 6.07) is 4.17. The maximum atomic E-state index is 8.93. The van der Waals surface area contributed by atoms with Gasteiger partial charge in [-0.15, -0.1) is 11.8 Å². The Bertz CT molecular complexity index is 342. The van der Waals surface area contributed by atoms with E-state index in [1.807, 2.05) is 19.9 Å². The van der Waals surface area contributed by atoms with Crippen molar-refractivity contribution in [1.29, 1.82) is 5.26 Å². The minimum atomic E-state index is -0.478. The number of hydrogen-bond donors (Lipinski definition) is 1. The van der Waals surface area contributed by atoms with Crippen molar-refractivity contribution in [2.45, 2.75) is 24.3 Å². The van der Waals surface area contributed by atoms with Gasteiger partial charge in [0.15, 0.2) is 0 Å². The van der Waals surface area contributed by atoms with Crippen molar-refractivity contribution in [3.8, 4) is 6.07 Å². The largest absolute Gasteiger partial charge is 0.468 e. The van der Waals surface area contributed by atoms with Gasteiger partial charge in [-0.1, -0.05) is 0 Å². The van der Waals surface area contributed by atoms with Crippen LogP contribution in [0.25, 0.3) is 0 Å². The van der Waals surface area contributed by atoms with E-state index < -0.39 is 5.54 Å². The maximum absolute atomic E-state index is 8.93. The molecule has 4 heteroatoms. The van der Waals surface area contributed by atoms with Crippen molar-refractivity contribution in [3.05, 3.63) is 18.1 Å². The summed E-state index contributed by atoms with van der Waals surface area (Å²) in [5, 5.41) is 11.9. The second kappa shape index (κ2) is 4.54. The zero-order valence-electron chi connectivity index (χ0n) is 8.63. The Morgan fingerprint density at radius 1 is 1.71 bits per heavy atom. The Balaban J connectivity index is 2.57. The Morgan fingerprint density at radius 2 is 2.43 bits per heavy atom. The molecule has 0 fully saturated rings. The predicted octanol–water partition coefficient (Wildman–Crippen LogP) is 2.18. The van der Waals surface area contributed by atoms with Crippen LogP contribution in [0.4, 0.5) is 0 Å². The van der Waals surface area contributed by atoms with E-state index in [0.717, 1.165) is 10.7 Å². The molecule has 0 amide bonds. The minimum absolute atomic E-state index is 0.478. The van der Waals surface area contributed by atoms with Crippen LogP contribution in [0.3, 0.4) is 0 Å². The average molecular weight is 210 g/mol. The zero-order chi connectivity index (χ0) is 10.6. The lowest BCUT2D eigenvalue weighted by Crippen LogP contribution is -2.40. The van der Waals surface area contributed by atoms with Crippen molar-refractivity contribution in [2.24, 2.45) is 0 Å². The molecule has 0 saturated heterocycles. The Morgan fingerprint density at radius 3 is 2.86 bits per heavy atom. The summed E-state index contributed by atoms with van der Waals surface area (Å²) < 4.78 is 5.17. The Kier molecular flexibility index (Phi) is 3.62. The number of furan rings is 1. The molecule has 0 aliphatic rings. The number of thioether (sulfide) groups is 1. The quantitative estimate of drug-likeness (QED) is 0.774. The monoisotopic (exact) mass is 210 g/mol. The van der Waals surface area contributed by atoms with Crippen LogP contribution in [-0.4, -0.2) is 18.3 Å². The molecule has 1 N–H and O–H groups in total. The molecule has 1 atom stereocenters. The first-order valence-corrected chi connectivity index (χ1v) is 5.37. The number of rotatable bonds is 4. The molecule has 1 unspecified atom stereocenters. The van der Waals surface area contributed by atoms with Crippen LogP contribution in [0.1, 0.15) is 12.7 Å². The van der Waals surface area contributed by atoms with E-state index in [4.69, 9.17) is 9.68 Å². The van der Waals surface area contributed by atoms with Gasteiger partial charge in [0.05, 0.1) is 12.3 Å². The molecular formula is C10H14N2OS. The highest BCUT2D eigenvalue weighted by atomic mass is 32.2. The Hall–Kier alpha value is -0.920. The third-order valence-electron chi connectivity index (χ3n) is 2.13. The van der Waals surface area contributed by atoms with Crippen LogP contribution in [0.2, 0.25) is 0 Å². The number of nitrogens with one attached hydrogen (secondary N) is 1. The van der Waals surface area contributed by atoms with Crippen LogP contribution in [0.15, 0.2) is 21.6 Å². The molecule has 0 radical (unpaired) electrons. The fourth-order valence-electron chi connectivity index (χ4n) is 0.905. The highest BCUT2D eigenvalue weighted by Crippen LogP contribution is 2.26. The number of hydrogen-bond acceptors (Lipinski definition) is 4. The van der Waals surface area contributed by atoms with Crippen LogP contribution in [-0.2, 0) is 0 Å². The molecule has 76 valence electrons. The predicted molar refractivity (Wildman–Crippen MR) is 57.2 cm³/mol. The Labute approximate surface area is 88.5 Å². The molecule has 0 saturated carbocycles. The normalized spacial score (nSPS) is 14.7. The molecular weight excluding hydrogens is 196 g/mol. The molecule has 1 aromatic rings. The van der Waals surface area contributed by atoms with Gasteiger partial charge in [-0.05, 0) is 27.0 Å². The molecule has 0 aromatic carbocycles. The van der Waals surface area contributed by atoms with Crippen molar-refractivity contribution < 1.29 is 4.42 Å². The van der Waals surface area contributed by atoms with Gasteiger partial charge in [-0.2, -0.15) is 5.26 Å². The zero-order valence-corrected chi connectivity index (χ0v) is 9.44. The van der Waals surface area contributed by atoms with E-state index in [2.05, 4.69) is 11.4 Å². The molecule has 0 aliphatic carbocycles. The number of nitrogens with zero attached hydrogens (tertiary/aromatic N) is 1. The van der Waals surface area contributed by atoms with Gasteiger partial charge in [0.25, 0.3) is 0 Å². The highest BCUT2D eigenvalue weighted by Gasteiger charge is 2.21. The van der Waals surface area contributed by atoms with Gasteiger partial charge in [0, 0.05) is 10.6 Å². The van der Waals surface area contributed by atoms with E-state index in [9.17, 15) is 0 Å². The third-order valence-corrected chi connectivity index (χ3v) is 3.58. The van der Waals surface area contributed by atoms with Gasteiger partial charge < -0.3 is 9.73 Å². The van der Waals surface area contributed by atoms with Crippen LogP contribution in [0, 0.1) is 18.3 Å². The molecule has 1 rings (SSSR count). The fraction of sp³-hybridized carbons (Fsp3) is 0.500. The standard InChI is InChI=1S/C10H14N2OS/c1-8-9(4-5-13-8)14-7-10(2,6-11)12-3/h4-5,12H,7H2,1-3H3. The molecule has 0 bridgehead atoms. The van der Waals surface area contributed by atoms with Gasteiger partial charge >= 0.3 is 0 Å². The van der Waals surface area contributed by atoms with Gasteiger partial charge in [0.1, 0.15) is 11.3 Å². The van der Waals surface area contributed by atoms with E-state index in [-0.39, 0.29) is 0 Å². The summed E-state index contributed by atoms with van der Waals surface area (Å²) >= 11 is 1.63. The lowest BCUT2D eigenvalue weighted by molar-refractivity contribution is 0.526. The SMILES string of the molecule is CNC(C)(C#N)CSc1ccoc1C. The average Bonchev–Trinajstić information content (AvgIpc) is 2.61.